The van der Waals surface area contributed by atoms with Crippen LogP contribution in [0.15, 0.2) is 42.6 Å². The summed E-state index contributed by atoms with van der Waals surface area (Å²) in [5.74, 6) is 1.44. The van der Waals surface area contributed by atoms with Crippen LogP contribution in [0.25, 0.3) is 10.8 Å². The van der Waals surface area contributed by atoms with Gasteiger partial charge in [-0.15, -0.1) is 0 Å². The van der Waals surface area contributed by atoms with E-state index in [2.05, 4.69) is 4.98 Å². The highest BCUT2D eigenvalue weighted by atomic mass is 35.5. The van der Waals surface area contributed by atoms with Gasteiger partial charge in [-0.25, -0.2) is 0 Å². The number of methoxy groups -OCH3 is 2. The van der Waals surface area contributed by atoms with Gasteiger partial charge in [0.05, 0.1) is 14.2 Å². The Balaban J connectivity index is 2.13. The summed E-state index contributed by atoms with van der Waals surface area (Å²) >= 11 is 5.96. The van der Waals surface area contributed by atoms with Gasteiger partial charge in [0.2, 0.25) is 0 Å². The van der Waals surface area contributed by atoms with Gasteiger partial charge < -0.3 is 9.47 Å². The smallest absolute Gasteiger partial charge is 0.161 e. The predicted octanol–water partition coefficient (Wildman–Crippen LogP) is 4.80. The Morgan fingerprint density at radius 3 is 2.17 bits per heavy atom. The van der Waals surface area contributed by atoms with Gasteiger partial charge in [-0.2, -0.15) is 0 Å². The van der Waals surface area contributed by atoms with Crippen LogP contribution < -0.4 is 9.47 Å². The second-order valence-electron chi connectivity index (χ2n) is 5.42. The molecule has 0 amide bonds. The Morgan fingerprint density at radius 2 is 1.57 bits per heavy atom. The van der Waals surface area contributed by atoms with E-state index in [9.17, 15) is 0 Å². The number of ether oxygens (including phenoxy) is 2. The zero-order valence-electron chi connectivity index (χ0n) is 13.4. The summed E-state index contributed by atoms with van der Waals surface area (Å²) < 4.78 is 10.8. The lowest BCUT2D eigenvalue weighted by molar-refractivity contribution is 0.356. The number of aromatic nitrogens is 1. The first-order chi connectivity index (χ1) is 11.1. The molecule has 0 saturated carbocycles. The largest absolute Gasteiger partial charge is 0.493 e. The molecule has 0 saturated heterocycles. The van der Waals surface area contributed by atoms with Crippen LogP contribution >= 0.6 is 11.6 Å². The molecule has 0 N–H and O–H groups in total. The number of nitrogens with zero attached hydrogens (tertiary/aromatic N) is 1. The van der Waals surface area contributed by atoms with Crippen molar-refractivity contribution < 1.29 is 9.47 Å². The third-order valence-electron chi connectivity index (χ3n) is 3.98. The van der Waals surface area contributed by atoms with Crippen molar-refractivity contribution in [3.05, 3.63) is 64.4 Å². The van der Waals surface area contributed by atoms with Crippen molar-refractivity contribution >= 4 is 22.4 Å². The van der Waals surface area contributed by atoms with Gasteiger partial charge in [0.1, 0.15) is 0 Å². The minimum absolute atomic E-state index is 0.716. The van der Waals surface area contributed by atoms with Crippen molar-refractivity contribution in [3.8, 4) is 11.5 Å². The molecule has 4 heteroatoms. The van der Waals surface area contributed by atoms with Crippen molar-refractivity contribution in [1.82, 2.24) is 4.98 Å². The Hall–Kier alpha value is -2.26. The van der Waals surface area contributed by atoms with E-state index in [0.717, 1.165) is 39.2 Å². The third-order valence-corrected chi connectivity index (χ3v) is 4.23. The van der Waals surface area contributed by atoms with E-state index in [1.165, 1.54) is 5.56 Å². The van der Waals surface area contributed by atoms with Gasteiger partial charge in [-0.05, 0) is 54.1 Å². The maximum Gasteiger partial charge on any atom is 0.161 e. The van der Waals surface area contributed by atoms with Gasteiger partial charge in [0.25, 0.3) is 0 Å². The Labute approximate surface area is 140 Å². The second-order valence-corrected chi connectivity index (χ2v) is 5.86. The lowest BCUT2D eigenvalue weighted by Crippen LogP contribution is -1.97. The van der Waals surface area contributed by atoms with Gasteiger partial charge in [0, 0.05) is 22.3 Å². The normalized spacial score (nSPS) is 10.8. The first kappa shape index (κ1) is 15.6. The quantitative estimate of drug-likeness (QED) is 0.689. The summed E-state index contributed by atoms with van der Waals surface area (Å²) in [6.07, 6.45) is 2.72. The number of fused-ring (bicyclic) bond motifs is 1. The molecule has 118 valence electrons. The molecule has 1 heterocycles. The molecule has 3 aromatic rings. The summed E-state index contributed by atoms with van der Waals surface area (Å²) in [4.78, 5) is 4.53. The average Bonchev–Trinajstić information content (AvgIpc) is 2.58. The van der Waals surface area contributed by atoms with Crippen LogP contribution in [-0.2, 0) is 6.42 Å². The highest BCUT2D eigenvalue weighted by Crippen LogP contribution is 2.35. The van der Waals surface area contributed by atoms with Gasteiger partial charge in [-0.3, -0.25) is 4.98 Å². The number of rotatable bonds is 4. The van der Waals surface area contributed by atoms with Crippen molar-refractivity contribution in [2.75, 3.05) is 14.2 Å². The van der Waals surface area contributed by atoms with Crippen LogP contribution in [-0.4, -0.2) is 19.2 Å². The van der Waals surface area contributed by atoms with E-state index in [1.807, 2.05) is 49.5 Å². The fraction of sp³-hybridized carbons (Fsp3) is 0.211. The number of hydrogen-bond donors (Lipinski definition) is 0. The van der Waals surface area contributed by atoms with Crippen LogP contribution in [0, 0.1) is 6.92 Å². The van der Waals surface area contributed by atoms with E-state index in [-0.39, 0.29) is 0 Å². The highest BCUT2D eigenvalue weighted by Gasteiger charge is 2.12. The van der Waals surface area contributed by atoms with Crippen molar-refractivity contribution in [2.45, 2.75) is 13.3 Å². The van der Waals surface area contributed by atoms with E-state index in [0.29, 0.717) is 5.75 Å². The summed E-state index contributed by atoms with van der Waals surface area (Å²) in [6, 6.07) is 11.9. The molecule has 23 heavy (non-hydrogen) atoms. The molecule has 0 aliphatic carbocycles. The molecule has 0 aliphatic rings. The summed E-state index contributed by atoms with van der Waals surface area (Å²) in [7, 11) is 3.29. The topological polar surface area (TPSA) is 31.4 Å². The maximum atomic E-state index is 5.96. The highest BCUT2D eigenvalue weighted by molar-refractivity contribution is 6.30. The van der Waals surface area contributed by atoms with Crippen LogP contribution in [0.4, 0.5) is 0 Å². The number of pyridine rings is 1. The molecule has 0 fully saturated rings. The first-order valence-electron chi connectivity index (χ1n) is 7.37. The van der Waals surface area contributed by atoms with Gasteiger partial charge in [-0.1, -0.05) is 23.7 Å². The molecule has 3 nitrogen and oxygen atoms in total. The lowest BCUT2D eigenvalue weighted by atomic mass is 9.99. The maximum absolute atomic E-state index is 5.96. The molecule has 0 spiro atoms. The number of aryl methyl sites for hydroxylation is 1. The zero-order valence-corrected chi connectivity index (χ0v) is 14.1. The van der Waals surface area contributed by atoms with Gasteiger partial charge >= 0.3 is 0 Å². The monoisotopic (exact) mass is 327 g/mol. The van der Waals surface area contributed by atoms with Crippen LogP contribution in [0.3, 0.4) is 0 Å². The van der Waals surface area contributed by atoms with Crippen LogP contribution in [0.1, 0.15) is 16.8 Å². The Bertz CT molecular complexity index is 844. The molecule has 0 aliphatic heterocycles. The van der Waals surface area contributed by atoms with Gasteiger partial charge in [0.15, 0.2) is 11.5 Å². The van der Waals surface area contributed by atoms with E-state index >= 15 is 0 Å². The predicted molar refractivity (Wildman–Crippen MR) is 93.8 cm³/mol. The van der Waals surface area contributed by atoms with Crippen LogP contribution in [0.2, 0.25) is 5.02 Å². The van der Waals surface area contributed by atoms with Crippen LogP contribution in [0.5, 0.6) is 11.5 Å². The summed E-state index contributed by atoms with van der Waals surface area (Å²) in [5.41, 5.74) is 3.31. The average molecular weight is 328 g/mol. The Kier molecular flexibility index (Phi) is 4.39. The van der Waals surface area contributed by atoms with Crippen molar-refractivity contribution in [2.24, 2.45) is 0 Å². The van der Waals surface area contributed by atoms with Crippen molar-refractivity contribution in [3.63, 3.8) is 0 Å². The molecule has 0 unspecified atom stereocenters. The van der Waals surface area contributed by atoms with E-state index in [4.69, 9.17) is 21.1 Å². The molecular weight excluding hydrogens is 310 g/mol. The molecule has 0 radical (unpaired) electrons. The van der Waals surface area contributed by atoms with E-state index < -0.39 is 0 Å². The zero-order chi connectivity index (χ0) is 16.4. The SMILES string of the molecule is COc1cc2c(Cc3ccc(Cl)cc3)cnc(C)c2cc1OC. The fourth-order valence-corrected chi connectivity index (χ4v) is 2.85. The lowest BCUT2D eigenvalue weighted by Gasteiger charge is -2.13. The molecule has 0 bridgehead atoms. The summed E-state index contributed by atoms with van der Waals surface area (Å²) in [6.45, 7) is 2.00. The van der Waals surface area contributed by atoms with E-state index in [1.54, 1.807) is 14.2 Å². The molecule has 0 atom stereocenters. The minimum Gasteiger partial charge on any atom is -0.493 e. The molecular formula is C19H18ClNO2. The molecule has 3 rings (SSSR count). The fourth-order valence-electron chi connectivity index (χ4n) is 2.72. The Morgan fingerprint density at radius 1 is 0.957 bits per heavy atom. The minimum atomic E-state index is 0.716. The number of hydrogen-bond acceptors (Lipinski definition) is 3. The molecule has 2 aromatic carbocycles. The number of halogens is 1. The standard InChI is InChI=1S/C19H18ClNO2/c1-12-16-9-18(22-2)19(23-3)10-17(16)14(11-21-12)8-13-4-6-15(20)7-5-13/h4-7,9-11H,8H2,1-3H3. The number of benzene rings is 2. The first-order valence-corrected chi connectivity index (χ1v) is 7.75. The summed E-state index contributed by atoms with van der Waals surface area (Å²) in [5, 5.41) is 2.95. The third kappa shape index (κ3) is 3.10. The van der Waals surface area contributed by atoms with Crippen molar-refractivity contribution in [1.29, 1.82) is 0 Å². The molecule has 1 aromatic heterocycles. The second kappa shape index (κ2) is 6.47.